The molecule has 5 rings (SSSR count). The molecule has 4 aliphatic carbocycles. The average molecular weight is 479 g/mol. The third kappa shape index (κ3) is 4.95. The van der Waals surface area contributed by atoms with Gasteiger partial charge in [-0.3, -0.25) is 0 Å². The minimum atomic E-state index is 0.217. The van der Waals surface area contributed by atoms with Gasteiger partial charge in [-0.2, -0.15) is 0 Å². The molecule has 0 aliphatic heterocycles. The van der Waals surface area contributed by atoms with E-state index in [0.717, 1.165) is 36.1 Å². The van der Waals surface area contributed by atoms with E-state index in [9.17, 15) is 0 Å². The molecule has 0 saturated heterocycles. The Kier molecular flexibility index (Phi) is 7.35. The monoisotopic (exact) mass is 478 g/mol. The van der Waals surface area contributed by atoms with E-state index in [0.29, 0.717) is 10.8 Å². The number of hydrogen-bond acceptors (Lipinski definition) is 2. The Morgan fingerprint density at radius 3 is 2.34 bits per heavy atom. The molecule has 7 atom stereocenters. The number of rotatable bonds is 7. The molecule has 0 heterocycles. The summed E-state index contributed by atoms with van der Waals surface area (Å²) in [7, 11) is 0. The number of nitrogens with one attached hydrogen (secondary N) is 2. The summed E-state index contributed by atoms with van der Waals surface area (Å²) >= 11 is 0. The molecule has 1 aromatic rings. The second kappa shape index (κ2) is 10.0. The number of hydrogen-bond donors (Lipinski definition) is 2. The molecule has 0 spiro atoms. The normalized spacial score (nSPS) is 38.9. The van der Waals surface area contributed by atoms with E-state index in [1.807, 2.05) is 0 Å². The lowest BCUT2D eigenvalue weighted by Crippen LogP contribution is -2.52. The SMILES string of the molecule is CC(C)(C)c1ccc(NNCCCCC2CCC3C4CCC5CCCCC5(C)C4CCC23C)cc1. The van der Waals surface area contributed by atoms with Crippen LogP contribution in [-0.4, -0.2) is 6.54 Å². The lowest BCUT2D eigenvalue weighted by molar-refractivity contribution is -0.111. The molecule has 0 radical (unpaired) electrons. The maximum Gasteiger partial charge on any atom is 0.0487 e. The van der Waals surface area contributed by atoms with Gasteiger partial charge >= 0.3 is 0 Å². The highest BCUT2D eigenvalue weighted by molar-refractivity contribution is 5.44. The second-order valence-corrected chi connectivity index (χ2v) is 14.6. The van der Waals surface area contributed by atoms with Crippen molar-refractivity contribution in [3.05, 3.63) is 29.8 Å². The van der Waals surface area contributed by atoms with Gasteiger partial charge in [-0.25, -0.2) is 5.43 Å². The summed E-state index contributed by atoms with van der Waals surface area (Å²) in [6.45, 7) is 13.3. The quantitative estimate of drug-likeness (QED) is 0.301. The Morgan fingerprint density at radius 2 is 1.57 bits per heavy atom. The fourth-order valence-electron chi connectivity index (χ4n) is 9.70. The van der Waals surface area contributed by atoms with Gasteiger partial charge in [0.1, 0.15) is 0 Å². The van der Waals surface area contributed by atoms with Crippen molar-refractivity contribution in [2.75, 3.05) is 12.0 Å². The van der Waals surface area contributed by atoms with Crippen molar-refractivity contribution < 1.29 is 0 Å². The van der Waals surface area contributed by atoms with Crippen molar-refractivity contribution >= 4 is 5.69 Å². The molecule has 0 bridgehead atoms. The van der Waals surface area contributed by atoms with Crippen molar-refractivity contribution in [2.24, 2.45) is 40.4 Å². The smallest absolute Gasteiger partial charge is 0.0487 e. The first-order valence-electron chi connectivity index (χ1n) is 15.3. The number of unbranched alkanes of at least 4 members (excludes halogenated alkanes) is 1. The minimum absolute atomic E-state index is 0.217. The Labute approximate surface area is 216 Å². The van der Waals surface area contributed by atoms with Gasteiger partial charge in [0.05, 0.1) is 0 Å². The van der Waals surface area contributed by atoms with E-state index in [4.69, 9.17) is 0 Å². The predicted molar refractivity (Wildman–Crippen MR) is 150 cm³/mol. The molecule has 196 valence electrons. The van der Waals surface area contributed by atoms with Crippen LogP contribution in [0.2, 0.25) is 0 Å². The lowest BCUT2D eigenvalue weighted by Gasteiger charge is -2.60. The molecule has 4 saturated carbocycles. The highest BCUT2D eigenvalue weighted by Gasteiger charge is 2.59. The van der Waals surface area contributed by atoms with Crippen molar-refractivity contribution in [1.29, 1.82) is 0 Å². The molecule has 2 heteroatoms. The Balaban J connectivity index is 1.07. The van der Waals surface area contributed by atoms with Crippen LogP contribution in [0.25, 0.3) is 0 Å². The van der Waals surface area contributed by atoms with Gasteiger partial charge in [-0.05, 0) is 128 Å². The van der Waals surface area contributed by atoms with Crippen molar-refractivity contribution in [3.8, 4) is 0 Å². The summed E-state index contributed by atoms with van der Waals surface area (Å²) in [4.78, 5) is 0. The highest BCUT2D eigenvalue weighted by Crippen LogP contribution is 2.67. The molecule has 35 heavy (non-hydrogen) atoms. The van der Waals surface area contributed by atoms with Crippen molar-refractivity contribution in [1.82, 2.24) is 5.43 Å². The van der Waals surface area contributed by atoms with Gasteiger partial charge in [0.15, 0.2) is 0 Å². The largest absolute Gasteiger partial charge is 0.322 e. The molecule has 7 unspecified atom stereocenters. The number of hydrazine groups is 1. The summed E-state index contributed by atoms with van der Waals surface area (Å²) in [5.74, 6) is 5.15. The zero-order chi connectivity index (χ0) is 24.7. The molecule has 2 N–H and O–H groups in total. The molecule has 4 fully saturated rings. The average Bonchev–Trinajstić information content (AvgIpc) is 3.17. The molecule has 2 nitrogen and oxygen atoms in total. The maximum atomic E-state index is 3.47. The van der Waals surface area contributed by atoms with Gasteiger partial charge in [0.25, 0.3) is 0 Å². The van der Waals surface area contributed by atoms with E-state index in [-0.39, 0.29) is 5.41 Å². The van der Waals surface area contributed by atoms with E-state index < -0.39 is 0 Å². The zero-order valence-electron chi connectivity index (χ0n) is 23.6. The number of benzene rings is 1. The Hall–Kier alpha value is -1.02. The summed E-state index contributed by atoms with van der Waals surface area (Å²) < 4.78 is 0. The van der Waals surface area contributed by atoms with Gasteiger partial charge in [-0.15, -0.1) is 0 Å². The maximum absolute atomic E-state index is 3.47. The van der Waals surface area contributed by atoms with Crippen molar-refractivity contribution in [3.63, 3.8) is 0 Å². The van der Waals surface area contributed by atoms with E-state index >= 15 is 0 Å². The van der Waals surface area contributed by atoms with Crippen LogP contribution in [0.1, 0.15) is 124 Å². The fourth-order valence-corrected chi connectivity index (χ4v) is 9.70. The van der Waals surface area contributed by atoms with E-state index in [2.05, 4.69) is 69.7 Å². The summed E-state index contributed by atoms with van der Waals surface area (Å²) in [6.07, 6.45) is 19.4. The fraction of sp³-hybridized carbons (Fsp3) is 0.818. The van der Waals surface area contributed by atoms with Crippen LogP contribution < -0.4 is 10.9 Å². The van der Waals surface area contributed by atoms with Crippen LogP contribution in [0.4, 0.5) is 5.69 Å². The summed E-state index contributed by atoms with van der Waals surface area (Å²) in [6, 6.07) is 8.89. The number of fused-ring (bicyclic) bond motifs is 5. The topological polar surface area (TPSA) is 24.1 Å². The highest BCUT2D eigenvalue weighted by atomic mass is 15.3. The van der Waals surface area contributed by atoms with Gasteiger partial charge in [0, 0.05) is 12.2 Å². The van der Waals surface area contributed by atoms with Crippen LogP contribution in [0.15, 0.2) is 24.3 Å². The summed E-state index contributed by atoms with van der Waals surface area (Å²) in [5, 5.41) is 0. The third-order valence-electron chi connectivity index (χ3n) is 11.9. The second-order valence-electron chi connectivity index (χ2n) is 14.6. The zero-order valence-corrected chi connectivity index (χ0v) is 23.6. The van der Waals surface area contributed by atoms with Gasteiger partial charge < -0.3 is 5.43 Å². The van der Waals surface area contributed by atoms with E-state index in [1.54, 1.807) is 19.3 Å². The molecule has 1 aromatic carbocycles. The third-order valence-corrected chi connectivity index (χ3v) is 11.9. The first-order valence-corrected chi connectivity index (χ1v) is 15.3. The summed E-state index contributed by atoms with van der Waals surface area (Å²) in [5.41, 5.74) is 11.0. The van der Waals surface area contributed by atoms with Crippen LogP contribution in [0.5, 0.6) is 0 Å². The van der Waals surface area contributed by atoms with Crippen LogP contribution >= 0.6 is 0 Å². The van der Waals surface area contributed by atoms with Crippen LogP contribution in [0.3, 0.4) is 0 Å². The van der Waals surface area contributed by atoms with Crippen molar-refractivity contribution in [2.45, 2.75) is 124 Å². The van der Waals surface area contributed by atoms with Crippen LogP contribution in [-0.2, 0) is 5.41 Å². The Bertz CT molecular complexity index is 838. The first-order chi connectivity index (χ1) is 16.7. The standard InChI is InChI=1S/C33H54N2/c1-31(2,3)24-12-16-27(17-13-24)35-34-23-9-7-11-26-15-19-29-28-18-14-25-10-6-8-21-32(25,4)30(28)20-22-33(26,29)5/h12-13,16-17,25-26,28-30,34-35H,6-11,14-15,18-23H2,1-5H3. The lowest BCUT2D eigenvalue weighted by atomic mass is 9.45. The molecule has 0 aromatic heterocycles. The van der Waals surface area contributed by atoms with E-state index in [1.165, 1.54) is 75.5 Å². The molecular weight excluding hydrogens is 424 g/mol. The molecule has 0 amide bonds. The Morgan fingerprint density at radius 1 is 0.800 bits per heavy atom. The number of anilines is 1. The first kappa shape index (κ1) is 25.6. The molecular formula is C33H54N2. The minimum Gasteiger partial charge on any atom is -0.322 e. The predicted octanol–water partition coefficient (Wildman–Crippen LogP) is 9.12. The van der Waals surface area contributed by atoms with Gasteiger partial charge in [0.2, 0.25) is 0 Å². The van der Waals surface area contributed by atoms with Gasteiger partial charge in [-0.1, -0.05) is 66.0 Å². The van der Waals surface area contributed by atoms with Crippen LogP contribution in [0, 0.1) is 40.4 Å². The molecule has 4 aliphatic rings.